The molecule has 1 N–H and O–H groups in total. The van der Waals surface area contributed by atoms with Gasteiger partial charge in [0.25, 0.3) is 0 Å². The van der Waals surface area contributed by atoms with Crippen molar-refractivity contribution in [3.05, 3.63) is 11.9 Å². The Morgan fingerprint density at radius 2 is 1.90 bits per heavy atom. The highest BCUT2D eigenvalue weighted by molar-refractivity contribution is 5.80. The monoisotopic (exact) mass is 293 g/mol. The third-order valence-corrected chi connectivity index (χ3v) is 3.92. The number of aromatic nitrogens is 3. The summed E-state index contributed by atoms with van der Waals surface area (Å²) in [5, 5.41) is 11.6. The highest BCUT2D eigenvalue weighted by Crippen LogP contribution is 2.15. The van der Waals surface area contributed by atoms with E-state index in [4.69, 9.17) is 0 Å². The first kappa shape index (κ1) is 15.9. The molecule has 0 aliphatic carbocycles. The van der Waals surface area contributed by atoms with Crippen LogP contribution in [0.5, 0.6) is 0 Å². The van der Waals surface area contributed by atoms with E-state index in [2.05, 4.69) is 29.5 Å². The predicted octanol–water partition coefficient (Wildman–Crippen LogP) is 1.74. The molecule has 1 fully saturated rings. The molecule has 0 aromatic carbocycles. The van der Waals surface area contributed by atoms with Crippen molar-refractivity contribution in [3.8, 4) is 0 Å². The quantitative estimate of drug-likeness (QED) is 0.898. The summed E-state index contributed by atoms with van der Waals surface area (Å²) < 4.78 is 1.69. The molecule has 1 amide bonds. The minimum atomic E-state index is -0.275. The van der Waals surface area contributed by atoms with Crippen molar-refractivity contribution in [1.82, 2.24) is 25.2 Å². The van der Waals surface area contributed by atoms with Crippen LogP contribution in [-0.4, -0.2) is 44.9 Å². The predicted molar refractivity (Wildman–Crippen MR) is 81.8 cm³/mol. The van der Waals surface area contributed by atoms with Crippen LogP contribution in [0, 0.1) is 0 Å². The topological polar surface area (TPSA) is 63.1 Å². The third kappa shape index (κ3) is 4.52. The fourth-order valence-electron chi connectivity index (χ4n) is 2.56. The van der Waals surface area contributed by atoms with Crippen molar-refractivity contribution in [2.45, 2.75) is 65.1 Å². The van der Waals surface area contributed by atoms with E-state index >= 15 is 0 Å². The van der Waals surface area contributed by atoms with Gasteiger partial charge in [-0.15, -0.1) is 5.10 Å². The maximum Gasteiger partial charge on any atom is 0.247 e. The fourth-order valence-corrected chi connectivity index (χ4v) is 2.56. The Hall–Kier alpha value is -1.43. The normalized spacial score (nSPS) is 17.8. The van der Waals surface area contributed by atoms with Crippen LogP contribution in [0.2, 0.25) is 0 Å². The Morgan fingerprint density at radius 3 is 2.52 bits per heavy atom. The second kappa shape index (κ2) is 7.54. The molecule has 0 bridgehead atoms. The van der Waals surface area contributed by atoms with Gasteiger partial charge in [0.05, 0.1) is 11.9 Å². The largest absolute Gasteiger partial charge is 0.341 e. The summed E-state index contributed by atoms with van der Waals surface area (Å²) in [6, 6.07) is 0.134. The second-order valence-electron chi connectivity index (χ2n) is 6.14. The van der Waals surface area contributed by atoms with Crippen LogP contribution < -0.4 is 5.32 Å². The maximum atomic E-state index is 12.5. The second-order valence-corrected chi connectivity index (χ2v) is 6.14. The summed E-state index contributed by atoms with van der Waals surface area (Å²) in [5.41, 5.74) is 0.874. The Balaban J connectivity index is 1.95. The molecule has 6 nitrogen and oxygen atoms in total. The summed E-state index contributed by atoms with van der Waals surface area (Å²) in [6.07, 6.45) is 6.55. The van der Waals surface area contributed by atoms with Crippen LogP contribution in [0.4, 0.5) is 0 Å². The molecule has 1 saturated heterocycles. The van der Waals surface area contributed by atoms with Gasteiger partial charge in [0, 0.05) is 25.7 Å². The highest BCUT2D eigenvalue weighted by atomic mass is 16.2. The van der Waals surface area contributed by atoms with Crippen LogP contribution in [0.15, 0.2) is 6.20 Å². The van der Waals surface area contributed by atoms with Crippen molar-refractivity contribution >= 4 is 5.91 Å². The van der Waals surface area contributed by atoms with Gasteiger partial charge in [0.1, 0.15) is 6.04 Å². The van der Waals surface area contributed by atoms with E-state index in [1.165, 1.54) is 12.8 Å². The molecular formula is C15H27N5O. The number of amides is 1. The van der Waals surface area contributed by atoms with Crippen LogP contribution in [-0.2, 0) is 11.3 Å². The van der Waals surface area contributed by atoms with Gasteiger partial charge in [-0.3, -0.25) is 4.79 Å². The molecule has 1 aliphatic heterocycles. The lowest BCUT2D eigenvalue weighted by atomic mass is 10.2. The molecule has 1 aromatic rings. The Kier molecular flexibility index (Phi) is 5.73. The standard InChI is InChI=1S/C15H27N5O/c1-12(2)16-10-14-11-20(18-17-14)13(3)15(21)19-8-6-4-5-7-9-19/h11-13,16H,4-10H2,1-3H3. The molecule has 1 atom stereocenters. The molecule has 6 heteroatoms. The van der Waals surface area contributed by atoms with E-state index in [0.29, 0.717) is 12.6 Å². The fraction of sp³-hybridized carbons (Fsp3) is 0.800. The number of hydrogen-bond acceptors (Lipinski definition) is 4. The van der Waals surface area contributed by atoms with Gasteiger partial charge in [-0.1, -0.05) is 31.9 Å². The molecule has 1 aromatic heterocycles. The number of carbonyl (C=O) groups excluding carboxylic acids is 1. The molecule has 0 saturated carbocycles. The summed E-state index contributed by atoms with van der Waals surface area (Å²) in [5.74, 6) is 0.158. The number of hydrogen-bond donors (Lipinski definition) is 1. The molecular weight excluding hydrogens is 266 g/mol. The molecule has 21 heavy (non-hydrogen) atoms. The van der Waals surface area contributed by atoms with Crippen molar-refractivity contribution < 1.29 is 4.79 Å². The summed E-state index contributed by atoms with van der Waals surface area (Å²) in [7, 11) is 0. The Morgan fingerprint density at radius 1 is 1.24 bits per heavy atom. The third-order valence-electron chi connectivity index (χ3n) is 3.92. The number of nitrogens with zero attached hydrogens (tertiary/aromatic N) is 4. The smallest absolute Gasteiger partial charge is 0.247 e. The van der Waals surface area contributed by atoms with Gasteiger partial charge in [0.15, 0.2) is 0 Å². The average molecular weight is 293 g/mol. The summed E-state index contributed by atoms with van der Waals surface area (Å²) in [4.78, 5) is 14.5. The van der Waals surface area contributed by atoms with E-state index < -0.39 is 0 Å². The number of rotatable bonds is 5. The Labute approximate surface area is 126 Å². The zero-order chi connectivity index (χ0) is 15.2. The van der Waals surface area contributed by atoms with E-state index in [9.17, 15) is 4.79 Å². The molecule has 2 rings (SSSR count). The first-order valence-corrected chi connectivity index (χ1v) is 8.01. The van der Waals surface area contributed by atoms with Gasteiger partial charge >= 0.3 is 0 Å². The molecule has 1 aliphatic rings. The van der Waals surface area contributed by atoms with E-state index in [0.717, 1.165) is 31.6 Å². The molecule has 0 radical (unpaired) electrons. The number of nitrogens with one attached hydrogen (secondary N) is 1. The molecule has 1 unspecified atom stereocenters. The lowest BCUT2D eigenvalue weighted by molar-refractivity contribution is -0.134. The lowest BCUT2D eigenvalue weighted by Gasteiger charge is -2.23. The van der Waals surface area contributed by atoms with Crippen molar-refractivity contribution in [2.24, 2.45) is 0 Å². The van der Waals surface area contributed by atoms with Crippen LogP contribution in [0.3, 0.4) is 0 Å². The first-order chi connectivity index (χ1) is 10.1. The van der Waals surface area contributed by atoms with Gasteiger partial charge in [-0.05, 0) is 19.8 Å². The van der Waals surface area contributed by atoms with Crippen molar-refractivity contribution in [2.75, 3.05) is 13.1 Å². The van der Waals surface area contributed by atoms with Gasteiger partial charge < -0.3 is 10.2 Å². The van der Waals surface area contributed by atoms with Crippen molar-refractivity contribution in [3.63, 3.8) is 0 Å². The molecule has 2 heterocycles. The van der Waals surface area contributed by atoms with Crippen LogP contribution in [0.25, 0.3) is 0 Å². The minimum absolute atomic E-state index is 0.158. The zero-order valence-electron chi connectivity index (χ0n) is 13.4. The Bertz CT molecular complexity index is 449. The van der Waals surface area contributed by atoms with Gasteiger partial charge in [0.2, 0.25) is 5.91 Å². The SMILES string of the molecule is CC(C)NCc1cn(C(C)C(=O)N2CCCCCC2)nn1. The minimum Gasteiger partial charge on any atom is -0.341 e. The van der Waals surface area contributed by atoms with Crippen molar-refractivity contribution in [1.29, 1.82) is 0 Å². The highest BCUT2D eigenvalue weighted by Gasteiger charge is 2.23. The maximum absolute atomic E-state index is 12.5. The first-order valence-electron chi connectivity index (χ1n) is 8.01. The van der Waals surface area contributed by atoms with Crippen LogP contribution >= 0.6 is 0 Å². The number of carbonyl (C=O) groups is 1. The van der Waals surface area contributed by atoms with E-state index in [1.807, 2.05) is 18.0 Å². The van der Waals surface area contributed by atoms with E-state index in [-0.39, 0.29) is 11.9 Å². The molecule has 118 valence electrons. The molecule has 0 spiro atoms. The average Bonchev–Trinajstić information content (AvgIpc) is 2.77. The van der Waals surface area contributed by atoms with E-state index in [1.54, 1.807) is 4.68 Å². The number of likely N-dealkylation sites (tertiary alicyclic amines) is 1. The van der Waals surface area contributed by atoms with Crippen LogP contribution in [0.1, 0.15) is 58.2 Å². The lowest BCUT2D eigenvalue weighted by Crippen LogP contribution is -2.37. The zero-order valence-corrected chi connectivity index (χ0v) is 13.4. The van der Waals surface area contributed by atoms with Gasteiger partial charge in [-0.2, -0.15) is 0 Å². The van der Waals surface area contributed by atoms with Gasteiger partial charge in [-0.25, -0.2) is 4.68 Å². The summed E-state index contributed by atoms with van der Waals surface area (Å²) in [6.45, 7) is 8.52. The summed E-state index contributed by atoms with van der Waals surface area (Å²) >= 11 is 0.